The van der Waals surface area contributed by atoms with Crippen molar-refractivity contribution in [2.75, 3.05) is 5.32 Å². The average molecular weight is 359 g/mol. The molecule has 0 fully saturated rings. The van der Waals surface area contributed by atoms with Crippen LogP contribution in [-0.2, 0) is 11.3 Å². The molecule has 27 heavy (non-hydrogen) atoms. The van der Waals surface area contributed by atoms with E-state index in [1.807, 2.05) is 60.0 Å². The van der Waals surface area contributed by atoms with Crippen LogP contribution < -0.4 is 5.32 Å². The van der Waals surface area contributed by atoms with Gasteiger partial charge in [-0.2, -0.15) is 0 Å². The van der Waals surface area contributed by atoms with Crippen LogP contribution in [0, 0.1) is 12.7 Å². The van der Waals surface area contributed by atoms with Crippen molar-refractivity contribution in [3.8, 4) is 11.4 Å². The van der Waals surface area contributed by atoms with Gasteiger partial charge in [0.05, 0.1) is 11.0 Å². The number of hydrogen-bond acceptors (Lipinski definition) is 2. The summed E-state index contributed by atoms with van der Waals surface area (Å²) in [5.41, 5.74) is 4.40. The highest BCUT2D eigenvalue weighted by Crippen LogP contribution is 2.25. The molecule has 0 saturated carbocycles. The number of imidazole rings is 1. The molecule has 134 valence electrons. The number of nitrogens with zero attached hydrogens (tertiary/aromatic N) is 2. The number of carbonyl (C=O) groups excluding carboxylic acids is 1. The summed E-state index contributed by atoms with van der Waals surface area (Å²) in [5.74, 6) is 0.207. The van der Waals surface area contributed by atoms with Crippen LogP contribution in [0.2, 0.25) is 0 Å². The van der Waals surface area contributed by atoms with Gasteiger partial charge in [-0.3, -0.25) is 4.79 Å². The van der Waals surface area contributed by atoms with E-state index in [1.54, 1.807) is 12.1 Å². The summed E-state index contributed by atoms with van der Waals surface area (Å²) in [7, 11) is 0. The van der Waals surface area contributed by atoms with Crippen molar-refractivity contribution in [3.63, 3.8) is 0 Å². The fraction of sp³-hybridized carbons (Fsp3) is 0.0909. The normalized spacial score (nSPS) is 10.9. The van der Waals surface area contributed by atoms with Crippen LogP contribution in [0.4, 0.5) is 10.1 Å². The molecule has 5 heteroatoms. The predicted octanol–water partition coefficient (Wildman–Crippen LogP) is 4.79. The van der Waals surface area contributed by atoms with Gasteiger partial charge in [-0.15, -0.1) is 0 Å². The molecule has 0 saturated heterocycles. The van der Waals surface area contributed by atoms with Crippen LogP contribution in [0.3, 0.4) is 0 Å². The highest BCUT2D eigenvalue weighted by molar-refractivity contribution is 5.92. The monoisotopic (exact) mass is 359 g/mol. The summed E-state index contributed by atoms with van der Waals surface area (Å²) in [6.45, 7) is 2.14. The van der Waals surface area contributed by atoms with Crippen molar-refractivity contribution in [3.05, 3.63) is 84.2 Å². The van der Waals surface area contributed by atoms with Crippen LogP contribution in [0.5, 0.6) is 0 Å². The molecule has 0 aliphatic rings. The molecule has 0 spiro atoms. The lowest BCUT2D eigenvalue weighted by Gasteiger charge is -2.10. The zero-order valence-electron chi connectivity index (χ0n) is 14.8. The Kier molecular flexibility index (Phi) is 4.42. The average Bonchev–Trinajstić information content (AvgIpc) is 3.03. The van der Waals surface area contributed by atoms with Gasteiger partial charge in [-0.25, -0.2) is 9.37 Å². The van der Waals surface area contributed by atoms with Crippen molar-refractivity contribution in [1.29, 1.82) is 0 Å². The van der Waals surface area contributed by atoms with Gasteiger partial charge in [0.25, 0.3) is 0 Å². The Morgan fingerprint density at radius 2 is 1.70 bits per heavy atom. The maximum atomic E-state index is 13.0. The smallest absolute Gasteiger partial charge is 0.244 e. The predicted molar refractivity (Wildman–Crippen MR) is 105 cm³/mol. The van der Waals surface area contributed by atoms with Gasteiger partial charge in [-0.05, 0) is 43.3 Å². The Bertz CT molecular complexity index is 1100. The Balaban J connectivity index is 1.69. The number of aryl methyl sites for hydroxylation is 1. The fourth-order valence-electron chi connectivity index (χ4n) is 3.04. The minimum Gasteiger partial charge on any atom is -0.325 e. The number of nitrogens with one attached hydrogen (secondary N) is 1. The van der Waals surface area contributed by atoms with Gasteiger partial charge in [0.2, 0.25) is 5.91 Å². The molecule has 4 nitrogen and oxygen atoms in total. The summed E-state index contributed by atoms with van der Waals surface area (Å²) in [5, 5.41) is 2.81. The van der Waals surface area contributed by atoms with Gasteiger partial charge < -0.3 is 9.88 Å². The third-order valence-corrected chi connectivity index (χ3v) is 4.39. The zero-order valence-corrected chi connectivity index (χ0v) is 14.8. The van der Waals surface area contributed by atoms with Crippen LogP contribution >= 0.6 is 0 Å². The van der Waals surface area contributed by atoms with E-state index >= 15 is 0 Å². The zero-order chi connectivity index (χ0) is 18.8. The van der Waals surface area contributed by atoms with Gasteiger partial charge in [0.15, 0.2) is 0 Å². The van der Waals surface area contributed by atoms with Gasteiger partial charge in [-0.1, -0.05) is 42.0 Å². The molecular weight excluding hydrogens is 341 g/mol. The Morgan fingerprint density at radius 1 is 1.00 bits per heavy atom. The SMILES string of the molecule is Cc1ccc(-c2nc3ccccc3n2CC(=O)Nc2ccc(F)cc2)cc1. The lowest BCUT2D eigenvalue weighted by atomic mass is 10.1. The molecule has 0 bridgehead atoms. The van der Waals surface area contributed by atoms with Gasteiger partial charge in [0.1, 0.15) is 18.2 Å². The lowest BCUT2D eigenvalue weighted by molar-refractivity contribution is -0.116. The van der Waals surface area contributed by atoms with E-state index in [2.05, 4.69) is 5.32 Å². The van der Waals surface area contributed by atoms with E-state index in [4.69, 9.17) is 4.98 Å². The van der Waals surface area contributed by atoms with E-state index in [-0.39, 0.29) is 18.3 Å². The number of hydrogen-bond donors (Lipinski definition) is 1. The second-order valence-electron chi connectivity index (χ2n) is 6.43. The first kappa shape index (κ1) is 17.0. The number of carbonyl (C=O) groups is 1. The van der Waals surface area contributed by atoms with E-state index in [0.29, 0.717) is 5.69 Å². The highest BCUT2D eigenvalue weighted by atomic mass is 19.1. The summed E-state index contributed by atoms with van der Waals surface area (Å²) >= 11 is 0. The van der Waals surface area contributed by atoms with E-state index in [1.165, 1.54) is 12.1 Å². The van der Waals surface area contributed by atoms with Crippen molar-refractivity contribution >= 4 is 22.6 Å². The minimum absolute atomic E-state index is 0.112. The number of fused-ring (bicyclic) bond motifs is 1. The van der Waals surface area contributed by atoms with Crippen molar-refractivity contribution < 1.29 is 9.18 Å². The standard InChI is InChI=1S/C22H18FN3O/c1-15-6-8-16(9-7-15)22-25-19-4-2-3-5-20(19)26(22)14-21(27)24-18-12-10-17(23)11-13-18/h2-13H,14H2,1H3,(H,24,27). The van der Waals surface area contributed by atoms with Crippen molar-refractivity contribution in [2.24, 2.45) is 0 Å². The molecule has 1 heterocycles. The molecule has 4 aromatic rings. The quantitative estimate of drug-likeness (QED) is 0.569. The molecule has 0 unspecified atom stereocenters. The minimum atomic E-state index is -0.338. The van der Waals surface area contributed by atoms with Crippen LogP contribution in [0.15, 0.2) is 72.8 Å². The topological polar surface area (TPSA) is 46.9 Å². The molecule has 0 radical (unpaired) electrons. The molecule has 1 N–H and O–H groups in total. The number of para-hydroxylation sites is 2. The van der Waals surface area contributed by atoms with Crippen LogP contribution in [0.1, 0.15) is 5.56 Å². The molecule has 4 rings (SSSR count). The Morgan fingerprint density at radius 3 is 2.44 bits per heavy atom. The van der Waals surface area contributed by atoms with Crippen molar-refractivity contribution in [2.45, 2.75) is 13.5 Å². The first-order valence-corrected chi connectivity index (χ1v) is 8.68. The van der Waals surface area contributed by atoms with E-state index in [9.17, 15) is 9.18 Å². The second-order valence-corrected chi connectivity index (χ2v) is 6.43. The molecular formula is C22H18FN3O. The lowest BCUT2D eigenvalue weighted by Crippen LogP contribution is -2.19. The molecule has 1 amide bonds. The fourth-order valence-corrected chi connectivity index (χ4v) is 3.04. The Hall–Kier alpha value is -3.47. The van der Waals surface area contributed by atoms with Gasteiger partial charge >= 0.3 is 0 Å². The molecule has 3 aromatic carbocycles. The van der Waals surface area contributed by atoms with Crippen LogP contribution in [-0.4, -0.2) is 15.5 Å². The van der Waals surface area contributed by atoms with E-state index < -0.39 is 0 Å². The number of anilines is 1. The third-order valence-electron chi connectivity index (χ3n) is 4.39. The maximum Gasteiger partial charge on any atom is 0.244 e. The maximum absolute atomic E-state index is 13.0. The first-order valence-electron chi connectivity index (χ1n) is 8.68. The summed E-state index contributed by atoms with van der Waals surface area (Å²) in [4.78, 5) is 17.3. The number of rotatable bonds is 4. The summed E-state index contributed by atoms with van der Waals surface area (Å²) < 4.78 is 14.9. The molecule has 0 aliphatic heterocycles. The van der Waals surface area contributed by atoms with Gasteiger partial charge in [0, 0.05) is 11.3 Å². The summed E-state index contributed by atoms with van der Waals surface area (Å²) in [6, 6.07) is 21.5. The number of halogens is 1. The molecule has 1 aromatic heterocycles. The second kappa shape index (κ2) is 7.03. The molecule has 0 atom stereocenters. The molecule has 0 aliphatic carbocycles. The summed E-state index contributed by atoms with van der Waals surface area (Å²) in [6.07, 6.45) is 0. The van der Waals surface area contributed by atoms with Crippen LogP contribution in [0.25, 0.3) is 22.4 Å². The third kappa shape index (κ3) is 3.58. The number of amides is 1. The highest BCUT2D eigenvalue weighted by Gasteiger charge is 2.15. The van der Waals surface area contributed by atoms with E-state index in [0.717, 1.165) is 28.0 Å². The van der Waals surface area contributed by atoms with Crippen molar-refractivity contribution in [1.82, 2.24) is 9.55 Å². The Labute approximate surface area is 156 Å². The number of benzene rings is 3. The number of aromatic nitrogens is 2. The first-order chi connectivity index (χ1) is 13.1. The largest absolute Gasteiger partial charge is 0.325 e.